The highest BCUT2D eigenvalue weighted by atomic mass is 35.5. The molecule has 0 amide bonds. The van der Waals surface area contributed by atoms with E-state index in [4.69, 9.17) is 16.7 Å². The fourth-order valence-electron chi connectivity index (χ4n) is 1.57. The van der Waals surface area contributed by atoms with Crippen LogP contribution in [0.5, 0.6) is 0 Å². The molecule has 0 fully saturated rings. The van der Waals surface area contributed by atoms with Crippen molar-refractivity contribution in [2.24, 2.45) is 0 Å². The van der Waals surface area contributed by atoms with Crippen LogP contribution in [-0.4, -0.2) is 16.8 Å². The second-order valence-corrected chi connectivity index (χ2v) is 5.14. The zero-order valence-corrected chi connectivity index (χ0v) is 11.0. The molecule has 18 heavy (non-hydrogen) atoms. The van der Waals surface area contributed by atoms with Gasteiger partial charge in [-0.25, -0.2) is 0 Å². The Kier molecular flexibility index (Phi) is 4.28. The summed E-state index contributed by atoms with van der Waals surface area (Å²) in [5.74, 6) is -0.735. The Morgan fingerprint density at radius 3 is 2.39 bits per heavy atom. The van der Waals surface area contributed by atoms with Gasteiger partial charge in [0.15, 0.2) is 0 Å². The van der Waals surface area contributed by atoms with Crippen molar-refractivity contribution in [1.29, 1.82) is 0 Å². The van der Waals surface area contributed by atoms with Crippen molar-refractivity contribution in [1.82, 2.24) is 0 Å². The summed E-state index contributed by atoms with van der Waals surface area (Å²) >= 11 is 7.42. The molecule has 0 heterocycles. The molecule has 92 valence electrons. The molecule has 0 aliphatic heterocycles. The van der Waals surface area contributed by atoms with Gasteiger partial charge in [0.05, 0.1) is 5.75 Å². The van der Waals surface area contributed by atoms with Gasteiger partial charge in [0.25, 0.3) is 0 Å². The Labute approximate surface area is 115 Å². The molecule has 4 heteroatoms. The molecule has 0 unspecified atom stereocenters. The van der Waals surface area contributed by atoms with E-state index >= 15 is 0 Å². The first-order valence-corrected chi connectivity index (χ1v) is 6.73. The summed E-state index contributed by atoms with van der Waals surface area (Å²) < 4.78 is 0. The van der Waals surface area contributed by atoms with E-state index in [1.54, 1.807) is 0 Å². The largest absolute Gasteiger partial charge is 0.481 e. The van der Waals surface area contributed by atoms with E-state index in [9.17, 15) is 4.79 Å². The van der Waals surface area contributed by atoms with Crippen LogP contribution in [0.15, 0.2) is 53.4 Å². The Morgan fingerprint density at radius 1 is 1.11 bits per heavy atom. The van der Waals surface area contributed by atoms with E-state index in [0.29, 0.717) is 5.02 Å². The molecule has 0 aliphatic rings. The lowest BCUT2D eigenvalue weighted by Gasteiger charge is -2.05. The third-order valence-electron chi connectivity index (χ3n) is 2.40. The van der Waals surface area contributed by atoms with Crippen LogP contribution in [-0.2, 0) is 4.79 Å². The van der Waals surface area contributed by atoms with E-state index in [-0.39, 0.29) is 5.75 Å². The summed E-state index contributed by atoms with van der Waals surface area (Å²) in [6.07, 6.45) is 0. The zero-order valence-electron chi connectivity index (χ0n) is 9.47. The SMILES string of the molecule is O=C(O)CSc1ccc(-c2ccccc2Cl)cc1. The van der Waals surface area contributed by atoms with Crippen LogP contribution in [0.2, 0.25) is 5.02 Å². The lowest BCUT2D eigenvalue weighted by Crippen LogP contribution is -1.97. The van der Waals surface area contributed by atoms with Crippen molar-refractivity contribution in [3.63, 3.8) is 0 Å². The molecule has 2 aromatic carbocycles. The third-order valence-corrected chi connectivity index (χ3v) is 3.73. The fourth-order valence-corrected chi connectivity index (χ4v) is 2.43. The molecule has 0 aliphatic carbocycles. The monoisotopic (exact) mass is 278 g/mol. The van der Waals surface area contributed by atoms with E-state index in [1.165, 1.54) is 11.8 Å². The minimum Gasteiger partial charge on any atom is -0.481 e. The highest BCUT2D eigenvalue weighted by molar-refractivity contribution is 8.00. The maximum Gasteiger partial charge on any atom is 0.313 e. The lowest BCUT2D eigenvalue weighted by atomic mass is 10.1. The number of hydrogen-bond donors (Lipinski definition) is 1. The second-order valence-electron chi connectivity index (χ2n) is 3.69. The Bertz CT molecular complexity index is 552. The molecule has 1 N–H and O–H groups in total. The van der Waals surface area contributed by atoms with E-state index in [0.717, 1.165) is 16.0 Å². The number of aliphatic carboxylic acids is 1. The minimum atomic E-state index is -0.810. The fraction of sp³-hybridized carbons (Fsp3) is 0.0714. The summed E-state index contributed by atoms with van der Waals surface area (Å²) in [6.45, 7) is 0. The summed E-state index contributed by atoms with van der Waals surface area (Å²) in [5.41, 5.74) is 2.01. The van der Waals surface area contributed by atoms with Crippen LogP contribution >= 0.6 is 23.4 Å². The van der Waals surface area contributed by atoms with Gasteiger partial charge in [-0.2, -0.15) is 0 Å². The highest BCUT2D eigenvalue weighted by Gasteiger charge is 2.03. The smallest absolute Gasteiger partial charge is 0.313 e. The van der Waals surface area contributed by atoms with Crippen molar-refractivity contribution < 1.29 is 9.90 Å². The van der Waals surface area contributed by atoms with Crippen molar-refractivity contribution in [2.75, 3.05) is 5.75 Å². The predicted octanol–water partition coefficient (Wildman–Crippen LogP) is 4.18. The number of benzene rings is 2. The van der Waals surface area contributed by atoms with Gasteiger partial charge in [0.2, 0.25) is 0 Å². The minimum absolute atomic E-state index is 0.0748. The predicted molar refractivity (Wildman–Crippen MR) is 75.2 cm³/mol. The van der Waals surface area contributed by atoms with Crippen molar-refractivity contribution in [3.8, 4) is 11.1 Å². The normalized spacial score (nSPS) is 10.3. The summed E-state index contributed by atoms with van der Waals surface area (Å²) in [6, 6.07) is 15.4. The quantitative estimate of drug-likeness (QED) is 0.853. The number of carboxylic acids is 1. The lowest BCUT2D eigenvalue weighted by molar-refractivity contribution is -0.133. The van der Waals surface area contributed by atoms with Crippen LogP contribution in [0.4, 0.5) is 0 Å². The van der Waals surface area contributed by atoms with Crippen molar-refractivity contribution in [3.05, 3.63) is 53.6 Å². The van der Waals surface area contributed by atoms with Gasteiger partial charge >= 0.3 is 5.97 Å². The molecule has 2 nitrogen and oxygen atoms in total. The second kappa shape index (κ2) is 5.94. The summed E-state index contributed by atoms with van der Waals surface area (Å²) in [4.78, 5) is 11.4. The summed E-state index contributed by atoms with van der Waals surface area (Å²) in [7, 11) is 0. The van der Waals surface area contributed by atoms with Gasteiger partial charge in [-0.05, 0) is 23.8 Å². The van der Waals surface area contributed by atoms with Crippen LogP contribution in [0.3, 0.4) is 0 Å². The third kappa shape index (κ3) is 3.28. The van der Waals surface area contributed by atoms with Gasteiger partial charge in [-0.1, -0.05) is 41.9 Å². The highest BCUT2D eigenvalue weighted by Crippen LogP contribution is 2.29. The maximum absolute atomic E-state index is 10.5. The molecule has 0 saturated carbocycles. The molecule has 2 aromatic rings. The Hall–Kier alpha value is -1.45. The number of hydrogen-bond acceptors (Lipinski definition) is 2. The van der Waals surface area contributed by atoms with Gasteiger partial charge in [-0.15, -0.1) is 11.8 Å². The molecule has 2 rings (SSSR count). The molecule has 0 atom stereocenters. The maximum atomic E-state index is 10.5. The van der Waals surface area contributed by atoms with Crippen LogP contribution in [0, 0.1) is 0 Å². The van der Waals surface area contributed by atoms with E-state index < -0.39 is 5.97 Å². The number of halogens is 1. The molecule has 0 spiro atoms. The first-order chi connectivity index (χ1) is 8.66. The first-order valence-electron chi connectivity index (χ1n) is 5.36. The van der Waals surface area contributed by atoms with E-state index in [2.05, 4.69) is 0 Å². The average Bonchev–Trinajstić information content (AvgIpc) is 2.38. The molecular formula is C14H11ClO2S. The standard InChI is InChI=1S/C14H11ClO2S/c15-13-4-2-1-3-12(13)10-5-7-11(8-6-10)18-9-14(16)17/h1-8H,9H2,(H,16,17). The van der Waals surface area contributed by atoms with Crippen LogP contribution < -0.4 is 0 Å². The molecular weight excluding hydrogens is 268 g/mol. The Balaban J connectivity index is 2.17. The molecule has 0 saturated heterocycles. The van der Waals surface area contributed by atoms with E-state index in [1.807, 2.05) is 48.5 Å². The number of carboxylic acid groups (broad SMARTS) is 1. The summed E-state index contributed by atoms with van der Waals surface area (Å²) in [5, 5.41) is 9.32. The number of carbonyl (C=O) groups is 1. The van der Waals surface area contributed by atoms with Crippen LogP contribution in [0.25, 0.3) is 11.1 Å². The molecule has 0 bridgehead atoms. The number of thioether (sulfide) groups is 1. The average molecular weight is 279 g/mol. The molecule has 0 aromatic heterocycles. The van der Waals surface area contributed by atoms with Crippen molar-refractivity contribution in [2.45, 2.75) is 4.90 Å². The van der Waals surface area contributed by atoms with Gasteiger partial charge in [-0.3, -0.25) is 4.79 Å². The number of rotatable bonds is 4. The molecule has 0 radical (unpaired) electrons. The van der Waals surface area contributed by atoms with Gasteiger partial charge in [0, 0.05) is 15.5 Å². The first kappa shape index (κ1) is 13.0. The zero-order chi connectivity index (χ0) is 13.0. The van der Waals surface area contributed by atoms with Gasteiger partial charge in [0.1, 0.15) is 0 Å². The topological polar surface area (TPSA) is 37.3 Å². The van der Waals surface area contributed by atoms with Gasteiger partial charge < -0.3 is 5.11 Å². The van der Waals surface area contributed by atoms with Crippen LogP contribution in [0.1, 0.15) is 0 Å². The Morgan fingerprint density at radius 2 is 1.78 bits per heavy atom. The van der Waals surface area contributed by atoms with Crippen molar-refractivity contribution >= 4 is 29.3 Å².